The number of nitrogens with one attached hydrogen (secondary N) is 1. The first-order valence-electron chi connectivity index (χ1n) is 7.17. The lowest BCUT2D eigenvalue weighted by Gasteiger charge is -2.32. The lowest BCUT2D eigenvalue weighted by Crippen LogP contribution is -2.45. The van der Waals surface area contributed by atoms with Gasteiger partial charge in [-0.2, -0.15) is 0 Å². The third-order valence-corrected chi connectivity index (χ3v) is 4.03. The summed E-state index contributed by atoms with van der Waals surface area (Å²) in [6.45, 7) is 4.97. The molecule has 2 fully saturated rings. The van der Waals surface area contributed by atoms with E-state index in [0.29, 0.717) is 17.6 Å². The number of amides is 1. The zero-order valence-corrected chi connectivity index (χ0v) is 11.9. The summed E-state index contributed by atoms with van der Waals surface area (Å²) in [5, 5.41) is 0. The van der Waals surface area contributed by atoms with Gasteiger partial charge >= 0.3 is 0 Å². The smallest absolute Gasteiger partial charge is 0.274 e. The molecule has 0 aromatic carbocycles. The molecule has 2 saturated heterocycles. The molecule has 1 atom stereocenters. The average molecular weight is 292 g/mol. The van der Waals surface area contributed by atoms with E-state index in [1.54, 1.807) is 0 Å². The third-order valence-electron chi connectivity index (χ3n) is 4.03. The summed E-state index contributed by atoms with van der Waals surface area (Å²) in [4.78, 5) is 24.8. The van der Waals surface area contributed by atoms with Gasteiger partial charge in [-0.15, -0.1) is 0 Å². The molecular formula is C13H20N6O2. The van der Waals surface area contributed by atoms with Crippen LogP contribution in [-0.4, -0.2) is 71.1 Å². The number of hydrogen-bond donors (Lipinski definition) is 2. The van der Waals surface area contributed by atoms with Crippen LogP contribution in [0.4, 0.5) is 5.82 Å². The number of rotatable bonds is 3. The average Bonchev–Trinajstić information content (AvgIpc) is 3.05. The van der Waals surface area contributed by atoms with Gasteiger partial charge in [-0.3, -0.25) is 9.69 Å². The highest BCUT2D eigenvalue weighted by molar-refractivity contribution is 5.92. The minimum Gasteiger partial charge on any atom is -0.379 e. The van der Waals surface area contributed by atoms with Gasteiger partial charge in [0.15, 0.2) is 5.82 Å². The van der Waals surface area contributed by atoms with Crippen LogP contribution in [0.2, 0.25) is 0 Å². The summed E-state index contributed by atoms with van der Waals surface area (Å²) >= 11 is 0. The number of carbonyl (C=O) groups excluding carboxylic acids is 1. The highest BCUT2D eigenvalue weighted by atomic mass is 16.5. The zero-order chi connectivity index (χ0) is 14.7. The molecule has 1 aromatic rings. The molecule has 2 aliphatic rings. The van der Waals surface area contributed by atoms with Gasteiger partial charge in [0.2, 0.25) is 0 Å². The molecule has 1 amide bonds. The van der Waals surface area contributed by atoms with E-state index in [1.165, 1.54) is 12.4 Å². The van der Waals surface area contributed by atoms with Crippen LogP contribution in [0.5, 0.6) is 0 Å². The minimum atomic E-state index is -0.0677. The van der Waals surface area contributed by atoms with Gasteiger partial charge in [-0.05, 0) is 6.42 Å². The standard InChI is InChI=1S/C13H20N6O2/c14-17-12-8-15-11(7-16-12)13(20)19-2-1-10(9-19)18-3-5-21-6-4-18/h7-8,10H,1-6,9,14H2,(H,16,17). The Bertz CT molecular complexity index is 488. The quantitative estimate of drug-likeness (QED) is 0.562. The van der Waals surface area contributed by atoms with Crippen molar-refractivity contribution in [3.63, 3.8) is 0 Å². The molecular weight excluding hydrogens is 272 g/mol. The summed E-state index contributed by atoms with van der Waals surface area (Å²) in [5.41, 5.74) is 2.75. The van der Waals surface area contributed by atoms with E-state index in [4.69, 9.17) is 10.6 Å². The summed E-state index contributed by atoms with van der Waals surface area (Å²) in [6.07, 6.45) is 3.92. The van der Waals surface area contributed by atoms with Crippen LogP contribution in [0, 0.1) is 0 Å². The number of ether oxygens (including phenoxy) is 1. The van der Waals surface area contributed by atoms with Crippen LogP contribution in [-0.2, 0) is 4.74 Å². The topological polar surface area (TPSA) is 96.6 Å². The van der Waals surface area contributed by atoms with E-state index in [-0.39, 0.29) is 5.91 Å². The van der Waals surface area contributed by atoms with Crippen molar-refractivity contribution < 1.29 is 9.53 Å². The monoisotopic (exact) mass is 292 g/mol. The summed E-state index contributed by atoms with van der Waals surface area (Å²) in [7, 11) is 0. The molecule has 21 heavy (non-hydrogen) atoms. The Kier molecular flexibility index (Phi) is 4.28. The van der Waals surface area contributed by atoms with E-state index < -0.39 is 0 Å². The second kappa shape index (κ2) is 6.33. The maximum atomic E-state index is 12.4. The minimum absolute atomic E-state index is 0.0677. The Hall–Kier alpha value is -1.77. The maximum absolute atomic E-state index is 12.4. The lowest BCUT2D eigenvalue weighted by atomic mass is 10.2. The Morgan fingerprint density at radius 3 is 2.76 bits per heavy atom. The zero-order valence-electron chi connectivity index (χ0n) is 11.9. The van der Waals surface area contributed by atoms with Crippen LogP contribution in [0.1, 0.15) is 16.9 Å². The summed E-state index contributed by atoms with van der Waals surface area (Å²) in [5.74, 6) is 5.61. The number of nitrogens with two attached hydrogens (primary N) is 1. The number of nitrogens with zero attached hydrogens (tertiary/aromatic N) is 4. The molecule has 0 aliphatic carbocycles. The fourth-order valence-corrected chi connectivity index (χ4v) is 2.84. The van der Waals surface area contributed by atoms with Crippen molar-refractivity contribution in [2.24, 2.45) is 5.84 Å². The van der Waals surface area contributed by atoms with Crippen LogP contribution >= 0.6 is 0 Å². The second-order valence-corrected chi connectivity index (χ2v) is 5.27. The third kappa shape index (κ3) is 3.12. The van der Waals surface area contributed by atoms with Gasteiger partial charge in [0.25, 0.3) is 5.91 Å². The molecule has 0 bridgehead atoms. The first-order chi connectivity index (χ1) is 10.3. The fourth-order valence-electron chi connectivity index (χ4n) is 2.84. The summed E-state index contributed by atoms with van der Waals surface area (Å²) in [6, 6.07) is 0.427. The van der Waals surface area contributed by atoms with Gasteiger partial charge in [0.05, 0.1) is 25.6 Å². The van der Waals surface area contributed by atoms with E-state index in [0.717, 1.165) is 45.8 Å². The Morgan fingerprint density at radius 2 is 2.10 bits per heavy atom. The first kappa shape index (κ1) is 14.2. The van der Waals surface area contributed by atoms with E-state index >= 15 is 0 Å². The molecule has 0 spiro atoms. The van der Waals surface area contributed by atoms with Crippen molar-refractivity contribution in [1.29, 1.82) is 0 Å². The number of anilines is 1. The van der Waals surface area contributed by atoms with E-state index in [2.05, 4.69) is 20.3 Å². The predicted octanol–water partition coefficient (Wildman–Crippen LogP) is -0.691. The van der Waals surface area contributed by atoms with Crippen molar-refractivity contribution in [2.45, 2.75) is 12.5 Å². The van der Waals surface area contributed by atoms with Gasteiger partial charge < -0.3 is 15.1 Å². The van der Waals surface area contributed by atoms with Crippen molar-refractivity contribution in [3.8, 4) is 0 Å². The Balaban J connectivity index is 1.60. The highest BCUT2D eigenvalue weighted by Crippen LogP contribution is 2.18. The molecule has 1 unspecified atom stereocenters. The largest absolute Gasteiger partial charge is 0.379 e. The number of nitrogen functional groups attached to an aromatic ring is 1. The van der Waals surface area contributed by atoms with Crippen LogP contribution in [0.15, 0.2) is 12.4 Å². The van der Waals surface area contributed by atoms with E-state index in [1.807, 2.05) is 4.90 Å². The molecule has 8 heteroatoms. The number of hydrogen-bond acceptors (Lipinski definition) is 7. The molecule has 8 nitrogen and oxygen atoms in total. The van der Waals surface area contributed by atoms with Crippen LogP contribution in [0.25, 0.3) is 0 Å². The number of hydrazine groups is 1. The van der Waals surface area contributed by atoms with Crippen molar-refractivity contribution in [2.75, 3.05) is 44.8 Å². The molecule has 3 rings (SSSR count). The number of morpholine rings is 1. The molecule has 1 aromatic heterocycles. The van der Waals surface area contributed by atoms with Gasteiger partial charge in [-0.25, -0.2) is 15.8 Å². The van der Waals surface area contributed by atoms with Gasteiger partial charge in [0, 0.05) is 32.2 Å². The number of carbonyl (C=O) groups is 1. The van der Waals surface area contributed by atoms with E-state index in [9.17, 15) is 4.79 Å². The molecule has 3 N–H and O–H groups in total. The summed E-state index contributed by atoms with van der Waals surface area (Å²) < 4.78 is 5.37. The lowest BCUT2D eigenvalue weighted by molar-refractivity contribution is 0.0185. The molecule has 0 radical (unpaired) electrons. The van der Waals surface area contributed by atoms with Crippen molar-refractivity contribution >= 4 is 11.7 Å². The molecule has 3 heterocycles. The normalized spacial score (nSPS) is 23.3. The molecule has 0 saturated carbocycles. The molecule has 114 valence electrons. The number of aromatic nitrogens is 2. The Labute approximate surface area is 123 Å². The van der Waals surface area contributed by atoms with Crippen LogP contribution < -0.4 is 11.3 Å². The number of likely N-dealkylation sites (tertiary alicyclic amines) is 1. The highest BCUT2D eigenvalue weighted by Gasteiger charge is 2.32. The SMILES string of the molecule is NNc1cnc(C(=O)N2CCC(N3CCOCC3)C2)cn1. The van der Waals surface area contributed by atoms with Crippen LogP contribution in [0.3, 0.4) is 0 Å². The second-order valence-electron chi connectivity index (χ2n) is 5.27. The fraction of sp³-hybridized carbons (Fsp3) is 0.615. The predicted molar refractivity (Wildman–Crippen MR) is 76.5 cm³/mol. The molecule has 2 aliphatic heterocycles. The van der Waals surface area contributed by atoms with Gasteiger partial charge in [-0.1, -0.05) is 0 Å². The van der Waals surface area contributed by atoms with Crippen molar-refractivity contribution in [3.05, 3.63) is 18.1 Å². The van der Waals surface area contributed by atoms with Gasteiger partial charge in [0.1, 0.15) is 5.69 Å². The maximum Gasteiger partial charge on any atom is 0.274 e. The Morgan fingerprint density at radius 1 is 1.29 bits per heavy atom. The van der Waals surface area contributed by atoms with Crippen molar-refractivity contribution in [1.82, 2.24) is 19.8 Å². The first-order valence-corrected chi connectivity index (χ1v) is 7.17.